The van der Waals surface area contributed by atoms with E-state index in [-0.39, 0.29) is 24.6 Å². The number of anilines is 1. The largest absolute Gasteiger partial charge is 0.462 e. The first-order valence-corrected chi connectivity index (χ1v) is 12.5. The Bertz CT molecular complexity index is 1400. The number of Topliss-reactive ketones (excluding diaryl/α,β-unsaturated/α-hetero) is 1. The Labute approximate surface area is 229 Å². The van der Waals surface area contributed by atoms with Crippen molar-refractivity contribution in [2.45, 2.75) is 19.8 Å². The van der Waals surface area contributed by atoms with E-state index in [0.717, 1.165) is 0 Å². The molecule has 3 aromatic carbocycles. The molecule has 0 unspecified atom stereocenters. The molecule has 0 N–H and O–H groups in total. The van der Waals surface area contributed by atoms with Gasteiger partial charge in [-0.25, -0.2) is 4.79 Å². The molecule has 1 saturated heterocycles. The molecule has 206 valence electrons. The normalized spacial score (nSPS) is 14.5. The van der Waals surface area contributed by atoms with E-state index >= 15 is 0 Å². The number of amides is 1. The summed E-state index contributed by atoms with van der Waals surface area (Å²) in [5, 5.41) is 10.8. The van der Waals surface area contributed by atoms with Crippen LogP contribution in [0.25, 0.3) is 0 Å². The molecule has 4 rings (SSSR count). The highest BCUT2D eigenvalue weighted by atomic mass is 16.6. The van der Waals surface area contributed by atoms with Crippen LogP contribution in [0.5, 0.6) is 11.5 Å². The molecule has 1 aliphatic rings. The van der Waals surface area contributed by atoms with Crippen LogP contribution >= 0.6 is 0 Å². The zero-order valence-electron chi connectivity index (χ0n) is 21.6. The van der Waals surface area contributed by atoms with Crippen LogP contribution in [-0.4, -0.2) is 48.3 Å². The predicted octanol–water partition coefficient (Wildman–Crippen LogP) is 4.73. The van der Waals surface area contributed by atoms with Gasteiger partial charge in [-0.1, -0.05) is 6.92 Å². The average molecular weight is 547 g/mol. The van der Waals surface area contributed by atoms with E-state index in [2.05, 4.69) is 0 Å². The second-order valence-electron chi connectivity index (χ2n) is 9.00. The van der Waals surface area contributed by atoms with Crippen molar-refractivity contribution in [3.8, 4) is 11.5 Å². The molecule has 0 radical (unpaired) electrons. The lowest BCUT2D eigenvalue weighted by Crippen LogP contribution is -2.27. The van der Waals surface area contributed by atoms with Crippen LogP contribution in [0.4, 0.5) is 11.4 Å². The number of carbonyl (C=O) groups is 4. The van der Waals surface area contributed by atoms with Gasteiger partial charge in [-0.15, -0.1) is 0 Å². The molecule has 0 saturated carbocycles. The van der Waals surface area contributed by atoms with Crippen molar-refractivity contribution < 1.29 is 38.3 Å². The van der Waals surface area contributed by atoms with Gasteiger partial charge in [0.25, 0.3) is 5.69 Å². The molecule has 1 fully saturated rings. The smallest absolute Gasteiger partial charge is 0.338 e. The Morgan fingerprint density at radius 3 is 2.10 bits per heavy atom. The van der Waals surface area contributed by atoms with Crippen LogP contribution in [0.3, 0.4) is 0 Å². The van der Waals surface area contributed by atoms with Gasteiger partial charge in [0, 0.05) is 36.3 Å². The average Bonchev–Trinajstić information content (AvgIpc) is 3.36. The van der Waals surface area contributed by atoms with Gasteiger partial charge in [0.1, 0.15) is 11.5 Å². The third-order valence-electron chi connectivity index (χ3n) is 6.12. The Morgan fingerprint density at radius 1 is 0.900 bits per heavy atom. The van der Waals surface area contributed by atoms with Gasteiger partial charge in [-0.2, -0.15) is 0 Å². The molecule has 11 heteroatoms. The molecule has 1 atom stereocenters. The highest BCUT2D eigenvalue weighted by Crippen LogP contribution is 2.27. The molecule has 0 spiro atoms. The van der Waals surface area contributed by atoms with Crippen molar-refractivity contribution in [2.75, 3.05) is 24.7 Å². The Balaban J connectivity index is 1.27. The quantitative estimate of drug-likeness (QED) is 0.144. The lowest BCUT2D eigenvalue weighted by Gasteiger charge is -2.17. The number of esters is 2. The fourth-order valence-electron chi connectivity index (χ4n) is 3.99. The lowest BCUT2D eigenvalue weighted by molar-refractivity contribution is -0.384. The standard InChI is InChI=1S/C29H26N2O9/c1-2-15-38-28(34)20-3-7-22(8-4-20)30-17-21(16-27(30)33)29(35)39-18-26(32)19-5-11-24(12-6-19)40-25-13-9-23(10-14-25)31(36)37/h3-14,21H,2,15-18H2,1H3/t21-/m1/s1. The summed E-state index contributed by atoms with van der Waals surface area (Å²) in [6.07, 6.45) is 0.657. The molecular formula is C29H26N2O9. The summed E-state index contributed by atoms with van der Waals surface area (Å²) < 4.78 is 15.9. The van der Waals surface area contributed by atoms with E-state index < -0.39 is 35.2 Å². The highest BCUT2D eigenvalue weighted by molar-refractivity contribution is 6.01. The van der Waals surface area contributed by atoms with Gasteiger partial charge in [0.2, 0.25) is 5.91 Å². The number of benzene rings is 3. The van der Waals surface area contributed by atoms with Crippen LogP contribution < -0.4 is 9.64 Å². The topological polar surface area (TPSA) is 142 Å². The molecule has 11 nitrogen and oxygen atoms in total. The molecule has 0 bridgehead atoms. The van der Waals surface area contributed by atoms with Gasteiger partial charge in [0.05, 0.1) is 23.0 Å². The minimum absolute atomic E-state index is 0.0536. The summed E-state index contributed by atoms with van der Waals surface area (Å²) >= 11 is 0. The van der Waals surface area contributed by atoms with Crippen molar-refractivity contribution in [1.29, 1.82) is 0 Å². The van der Waals surface area contributed by atoms with E-state index in [4.69, 9.17) is 14.2 Å². The molecule has 1 amide bonds. The maximum absolute atomic E-state index is 12.6. The van der Waals surface area contributed by atoms with Crippen molar-refractivity contribution in [3.63, 3.8) is 0 Å². The van der Waals surface area contributed by atoms with E-state index in [9.17, 15) is 29.3 Å². The third-order valence-corrected chi connectivity index (χ3v) is 6.12. The number of hydrogen-bond acceptors (Lipinski definition) is 9. The second-order valence-corrected chi connectivity index (χ2v) is 9.00. The van der Waals surface area contributed by atoms with Crippen LogP contribution in [0.15, 0.2) is 72.8 Å². The summed E-state index contributed by atoms with van der Waals surface area (Å²) in [4.78, 5) is 61.3. The maximum Gasteiger partial charge on any atom is 0.338 e. The van der Waals surface area contributed by atoms with Crippen molar-refractivity contribution >= 4 is 35.0 Å². The number of ketones is 1. The molecule has 3 aromatic rings. The van der Waals surface area contributed by atoms with Crippen LogP contribution in [-0.2, 0) is 19.1 Å². The SMILES string of the molecule is CCCOC(=O)c1ccc(N2C[C@H](C(=O)OCC(=O)c3ccc(Oc4ccc([N+](=O)[O-])cc4)cc3)CC2=O)cc1. The molecule has 40 heavy (non-hydrogen) atoms. The van der Waals surface area contributed by atoms with E-state index in [1.165, 1.54) is 41.3 Å². The molecule has 1 heterocycles. The van der Waals surface area contributed by atoms with E-state index in [1.807, 2.05) is 6.92 Å². The van der Waals surface area contributed by atoms with Crippen molar-refractivity contribution in [1.82, 2.24) is 0 Å². The van der Waals surface area contributed by atoms with Gasteiger partial charge >= 0.3 is 11.9 Å². The van der Waals surface area contributed by atoms with Crippen molar-refractivity contribution in [3.05, 3.63) is 94.0 Å². The molecule has 0 aromatic heterocycles. The first kappa shape index (κ1) is 28.0. The summed E-state index contributed by atoms with van der Waals surface area (Å²) in [6, 6.07) is 18.1. The first-order valence-electron chi connectivity index (χ1n) is 12.5. The number of nitrogens with zero attached hydrogens (tertiary/aromatic N) is 2. The first-order chi connectivity index (χ1) is 19.2. The number of nitro benzene ring substituents is 1. The number of rotatable bonds is 11. The van der Waals surface area contributed by atoms with E-state index in [1.54, 1.807) is 36.4 Å². The predicted molar refractivity (Wildman–Crippen MR) is 142 cm³/mol. The fraction of sp³-hybridized carbons (Fsp3) is 0.241. The molecule has 0 aliphatic carbocycles. The van der Waals surface area contributed by atoms with Crippen LogP contribution in [0.1, 0.15) is 40.5 Å². The maximum atomic E-state index is 12.6. The molecule has 1 aliphatic heterocycles. The highest BCUT2D eigenvalue weighted by Gasteiger charge is 2.36. The zero-order chi connectivity index (χ0) is 28.6. The Morgan fingerprint density at radius 2 is 1.50 bits per heavy atom. The number of ether oxygens (including phenoxy) is 3. The molecular weight excluding hydrogens is 520 g/mol. The number of nitro groups is 1. The summed E-state index contributed by atoms with van der Waals surface area (Å²) in [7, 11) is 0. The lowest BCUT2D eigenvalue weighted by atomic mass is 10.1. The number of non-ortho nitro benzene ring substituents is 1. The van der Waals surface area contributed by atoms with Gasteiger partial charge in [0.15, 0.2) is 12.4 Å². The summed E-state index contributed by atoms with van der Waals surface area (Å²) in [5.74, 6) is -1.71. The number of hydrogen-bond donors (Lipinski definition) is 0. The Hall–Kier alpha value is -5.06. The fourth-order valence-corrected chi connectivity index (χ4v) is 3.99. The van der Waals surface area contributed by atoms with Gasteiger partial charge < -0.3 is 19.1 Å². The summed E-state index contributed by atoms with van der Waals surface area (Å²) in [5.41, 5.74) is 1.15. The third kappa shape index (κ3) is 6.87. The summed E-state index contributed by atoms with van der Waals surface area (Å²) in [6.45, 7) is 1.83. The monoisotopic (exact) mass is 546 g/mol. The number of carbonyl (C=O) groups excluding carboxylic acids is 4. The van der Waals surface area contributed by atoms with Gasteiger partial charge in [-0.3, -0.25) is 24.5 Å². The minimum atomic E-state index is -0.730. The van der Waals surface area contributed by atoms with Crippen molar-refractivity contribution in [2.24, 2.45) is 5.92 Å². The minimum Gasteiger partial charge on any atom is -0.462 e. The van der Waals surface area contributed by atoms with E-state index in [0.29, 0.717) is 41.3 Å². The zero-order valence-corrected chi connectivity index (χ0v) is 21.6. The van der Waals surface area contributed by atoms with Gasteiger partial charge in [-0.05, 0) is 67.1 Å². The van der Waals surface area contributed by atoms with Crippen LogP contribution in [0, 0.1) is 16.0 Å². The second kappa shape index (κ2) is 12.7. The Kier molecular flexibility index (Phi) is 8.85. The van der Waals surface area contributed by atoms with Crippen LogP contribution in [0.2, 0.25) is 0 Å².